The van der Waals surface area contributed by atoms with Gasteiger partial charge >= 0.3 is 0 Å². The molecule has 4 heterocycles. The van der Waals surface area contributed by atoms with E-state index in [9.17, 15) is 4.79 Å². The van der Waals surface area contributed by atoms with E-state index in [1.807, 2.05) is 35.4 Å². The number of carbonyl (C=O) groups excluding carboxylic acids is 1. The summed E-state index contributed by atoms with van der Waals surface area (Å²) in [5, 5.41) is 5.02. The molecule has 6 nitrogen and oxygen atoms in total. The molecule has 0 saturated heterocycles. The molecule has 156 valence electrons. The summed E-state index contributed by atoms with van der Waals surface area (Å²) in [6, 6.07) is 15.5. The van der Waals surface area contributed by atoms with Crippen LogP contribution in [-0.2, 0) is 6.42 Å². The molecule has 1 aliphatic heterocycles. The van der Waals surface area contributed by atoms with Crippen LogP contribution >= 0.6 is 11.6 Å². The molecule has 3 aromatic heterocycles. The molecule has 0 bridgehead atoms. The number of fused-ring (bicyclic) bond motifs is 2. The fraction of sp³-hybridized carbons (Fsp3) is 0.208. The van der Waals surface area contributed by atoms with Gasteiger partial charge < -0.3 is 9.64 Å². The number of rotatable bonds is 3. The molecule has 5 rings (SSSR count). The van der Waals surface area contributed by atoms with Crippen molar-refractivity contribution in [3.05, 3.63) is 82.8 Å². The molecule has 1 aliphatic rings. The van der Waals surface area contributed by atoms with Crippen LogP contribution in [0.1, 0.15) is 34.6 Å². The van der Waals surface area contributed by atoms with Gasteiger partial charge in [-0.3, -0.25) is 4.79 Å². The summed E-state index contributed by atoms with van der Waals surface area (Å²) in [4.78, 5) is 19.5. The van der Waals surface area contributed by atoms with E-state index in [2.05, 4.69) is 29.1 Å². The van der Waals surface area contributed by atoms with E-state index in [1.165, 1.54) is 5.56 Å². The zero-order valence-corrected chi connectivity index (χ0v) is 18.0. The zero-order valence-electron chi connectivity index (χ0n) is 17.2. The summed E-state index contributed by atoms with van der Waals surface area (Å²) in [7, 11) is 1.61. The van der Waals surface area contributed by atoms with Crippen LogP contribution in [0.5, 0.6) is 5.88 Å². The molecular formula is C24H21ClN4O2. The van der Waals surface area contributed by atoms with E-state index in [1.54, 1.807) is 30.0 Å². The average molecular weight is 433 g/mol. The summed E-state index contributed by atoms with van der Waals surface area (Å²) >= 11 is 6.05. The molecule has 0 fully saturated rings. The second-order valence-electron chi connectivity index (χ2n) is 7.63. The monoisotopic (exact) mass is 432 g/mol. The average Bonchev–Trinajstić information content (AvgIpc) is 3.22. The minimum absolute atomic E-state index is 0.0594. The van der Waals surface area contributed by atoms with Crippen molar-refractivity contribution in [2.45, 2.75) is 19.4 Å². The van der Waals surface area contributed by atoms with Gasteiger partial charge in [-0.15, -0.1) is 0 Å². The molecule has 0 spiro atoms. The minimum atomic E-state index is -0.0745. The normalized spacial score (nSPS) is 15.7. The van der Waals surface area contributed by atoms with Crippen molar-refractivity contribution in [1.29, 1.82) is 0 Å². The maximum Gasteiger partial charge on any atom is 0.274 e. The molecule has 7 heteroatoms. The van der Waals surface area contributed by atoms with Crippen molar-refractivity contribution >= 4 is 23.0 Å². The fourth-order valence-corrected chi connectivity index (χ4v) is 4.45. The number of halogens is 1. The quantitative estimate of drug-likeness (QED) is 0.465. The van der Waals surface area contributed by atoms with Crippen LogP contribution in [0.25, 0.3) is 16.6 Å². The number of benzene rings is 1. The lowest BCUT2D eigenvalue weighted by Gasteiger charge is -2.36. The molecule has 0 N–H and O–H groups in total. The first-order valence-corrected chi connectivity index (χ1v) is 10.5. The Kier molecular flexibility index (Phi) is 4.87. The lowest BCUT2D eigenvalue weighted by atomic mass is 9.87. The van der Waals surface area contributed by atoms with Crippen LogP contribution in [0.15, 0.2) is 60.9 Å². The lowest BCUT2D eigenvalue weighted by molar-refractivity contribution is 0.0671. The Bertz CT molecular complexity index is 1280. The van der Waals surface area contributed by atoms with Crippen LogP contribution in [0.2, 0.25) is 5.02 Å². The van der Waals surface area contributed by atoms with E-state index in [0.29, 0.717) is 23.1 Å². The van der Waals surface area contributed by atoms with Gasteiger partial charge in [-0.1, -0.05) is 29.8 Å². The van der Waals surface area contributed by atoms with Crippen LogP contribution in [0.4, 0.5) is 0 Å². The first-order valence-electron chi connectivity index (χ1n) is 10.1. The van der Waals surface area contributed by atoms with Gasteiger partial charge in [0.05, 0.1) is 23.7 Å². The van der Waals surface area contributed by atoms with Crippen LogP contribution < -0.4 is 4.74 Å². The smallest absolute Gasteiger partial charge is 0.274 e. The Hall–Kier alpha value is -3.38. The number of carbonyl (C=O) groups is 1. The van der Waals surface area contributed by atoms with Crippen molar-refractivity contribution in [3.63, 3.8) is 0 Å². The van der Waals surface area contributed by atoms with Gasteiger partial charge in [0.1, 0.15) is 0 Å². The molecule has 0 saturated carbocycles. The minimum Gasteiger partial charge on any atom is -0.481 e. The van der Waals surface area contributed by atoms with Crippen molar-refractivity contribution in [3.8, 4) is 17.0 Å². The Morgan fingerprint density at radius 3 is 2.84 bits per heavy atom. The Morgan fingerprint density at radius 1 is 1.19 bits per heavy atom. The Balaban J connectivity index is 1.47. The number of hydrogen-bond acceptors (Lipinski definition) is 4. The van der Waals surface area contributed by atoms with Crippen LogP contribution in [0.3, 0.4) is 0 Å². The van der Waals surface area contributed by atoms with Gasteiger partial charge in [-0.05, 0) is 54.3 Å². The number of pyridine rings is 2. The summed E-state index contributed by atoms with van der Waals surface area (Å²) in [5.74, 6) is 0.516. The Morgan fingerprint density at radius 2 is 2.06 bits per heavy atom. The van der Waals surface area contributed by atoms with Gasteiger partial charge in [-0.25, -0.2) is 9.50 Å². The highest BCUT2D eigenvalue weighted by molar-refractivity contribution is 6.30. The lowest BCUT2D eigenvalue weighted by Crippen LogP contribution is -2.39. The van der Waals surface area contributed by atoms with E-state index in [4.69, 9.17) is 16.3 Å². The highest BCUT2D eigenvalue weighted by Gasteiger charge is 2.31. The third-order valence-corrected chi connectivity index (χ3v) is 6.12. The number of amides is 1. The molecule has 1 atom stereocenters. The predicted molar refractivity (Wildman–Crippen MR) is 120 cm³/mol. The highest BCUT2D eigenvalue weighted by Crippen LogP contribution is 2.36. The molecule has 1 aromatic carbocycles. The molecule has 1 amide bonds. The van der Waals surface area contributed by atoms with Gasteiger partial charge in [0.2, 0.25) is 5.88 Å². The van der Waals surface area contributed by atoms with E-state index >= 15 is 0 Å². The van der Waals surface area contributed by atoms with Crippen molar-refractivity contribution in [2.75, 3.05) is 13.7 Å². The van der Waals surface area contributed by atoms with E-state index < -0.39 is 0 Å². The molecule has 4 aromatic rings. The Labute approximate surface area is 185 Å². The van der Waals surface area contributed by atoms with E-state index in [0.717, 1.165) is 28.6 Å². The summed E-state index contributed by atoms with van der Waals surface area (Å²) < 4.78 is 6.82. The van der Waals surface area contributed by atoms with Crippen LogP contribution in [-0.4, -0.2) is 39.1 Å². The number of nitrogens with zero attached hydrogens (tertiary/aromatic N) is 4. The third-order valence-electron chi connectivity index (χ3n) is 5.89. The molecular weight excluding hydrogens is 412 g/mol. The first-order chi connectivity index (χ1) is 15.0. The maximum absolute atomic E-state index is 13.3. The fourth-order valence-electron chi connectivity index (χ4n) is 4.29. The van der Waals surface area contributed by atoms with Gasteiger partial charge in [0.25, 0.3) is 5.91 Å². The summed E-state index contributed by atoms with van der Waals surface area (Å²) in [6.07, 6.45) is 4.31. The van der Waals surface area contributed by atoms with E-state index in [-0.39, 0.29) is 11.9 Å². The number of ether oxygens (including phenoxy) is 1. The van der Waals surface area contributed by atoms with Crippen molar-refractivity contribution in [1.82, 2.24) is 19.5 Å². The standard InChI is InChI=1S/C24H21ClN4O2/c1-15-19-4-3-5-20(16-6-9-23(31-2)26-13-16)21(19)10-11-28(15)24(30)22-12-18-8-7-17(25)14-29(18)27-22/h3-9,12-15H,10-11H2,1-2H3. The largest absolute Gasteiger partial charge is 0.481 e. The molecule has 0 aliphatic carbocycles. The first kappa shape index (κ1) is 19.6. The predicted octanol–water partition coefficient (Wildman–Crippen LogP) is 4.82. The number of methoxy groups -OCH3 is 1. The second-order valence-corrected chi connectivity index (χ2v) is 8.07. The third kappa shape index (κ3) is 3.43. The van der Waals surface area contributed by atoms with Crippen LogP contribution in [0, 0.1) is 0 Å². The zero-order chi connectivity index (χ0) is 21.5. The number of aromatic nitrogens is 3. The molecule has 31 heavy (non-hydrogen) atoms. The van der Waals surface area contributed by atoms with Gasteiger partial charge in [-0.2, -0.15) is 5.10 Å². The second kappa shape index (κ2) is 7.71. The van der Waals surface area contributed by atoms with Gasteiger partial charge in [0.15, 0.2) is 5.69 Å². The summed E-state index contributed by atoms with van der Waals surface area (Å²) in [6.45, 7) is 2.70. The van der Waals surface area contributed by atoms with Crippen molar-refractivity contribution < 1.29 is 9.53 Å². The van der Waals surface area contributed by atoms with Gasteiger partial charge in [0, 0.05) is 30.6 Å². The topological polar surface area (TPSA) is 59.7 Å². The molecule has 1 unspecified atom stereocenters. The van der Waals surface area contributed by atoms with Crippen molar-refractivity contribution in [2.24, 2.45) is 0 Å². The highest BCUT2D eigenvalue weighted by atomic mass is 35.5. The molecule has 0 radical (unpaired) electrons. The number of hydrogen-bond donors (Lipinski definition) is 0. The summed E-state index contributed by atoms with van der Waals surface area (Å²) in [5.41, 5.74) is 5.86. The maximum atomic E-state index is 13.3. The SMILES string of the molecule is COc1ccc(-c2cccc3c2CCN(C(=O)c2cc4ccc(Cl)cn4n2)C3C)cn1.